The van der Waals surface area contributed by atoms with Gasteiger partial charge in [0, 0.05) is 6.42 Å². The van der Waals surface area contributed by atoms with E-state index in [9.17, 15) is 4.79 Å². The van der Waals surface area contributed by atoms with Gasteiger partial charge in [-0.25, -0.2) is 0 Å². The van der Waals surface area contributed by atoms with Crippen molar-refractivity contribution in [3.8, 4) is 0 Å². The molecule has 0 saturated heterocycles. The fraction of sp³-hybridized carbons (Fsp3) is 0.462. The first kappa shape index (κ1) is 13.7. The van der Waals surface area contributed by atoms with Crippen LogP contribution in [0.5, 0.6) is 0 Å². The molecule has 2 aromatic heterocycles. The van der Waals surface area contributed by atoms with Gasteiger partial charge in [0.15, 0.2) is 0 Å². The highest BCUT2D eigenvalue weighted by Gasteiger charge is 2.15. The minimum absolute atomic E-state index is 0.207. The highest BCUT2D eigenvalue weighted by Crippen LogP contribution is 2.20. The van der Waals surface area contributed by atoms with E-state index in [0.717, 1.165) is 17.2 Å². The fourth-order valence-electron chi connectivity index (χ4n) is 1.76. The fourth-order valence-corrected chi connectivity index (χ4v) is 2.70. The van der Waals surface area contributed by atoms with Gasteiger partial charge in [-0.05, 0) is 25.8 Å². The molecular weight excluding hydrogens is 262 g/mol. The van der Waals surface area contributed by atoms with Gasteiger partial charge in [0.25, 0.3) is 5.91 Å². The Morgan fingerprint density at radius 3 is 2.74 bits per heavy atom. The molecule has 2 heterocycles. The molecule has 6 heteroatoms. The van der Waals surface area contributed by atoms with Crippen LogP contribution in [-0.2, 0) is 6.42 Å². The van der Waals surface area contributed by atoms with E-state index >= 15 is 0 Å². The van der Waals surface area contributed by atoms with Gasteiger partial charge in [-0.1, -0.05) is 25.2 Å². The molecule has 0 aromatic carbocycles. The second-order valence-electron chi connectivity index (χ2n) is 4.88. The van der Waals surface area contributed by atoms with Gasteiger partial charge < -0.3 is 4.42 Å². The third-order valence-corrected chi connectivity index (χ3v) is 3.42. The molecule has 0 saturated carbocycles. The molecule has 0 unspecified atom stereocenters. The first-order valence-corrected chi connectivity index (χ1v) is 6.98. The van der Waals surface area contributed by atoms with Crippen LogP contribution < -0.4 is 5.32 Å². The summed E-state index contributed by atoms with van der Waals surface area (Å²) in [6.07, 6.45) is 0.872. The highest BCUT2D eigenvalue weighted by atomic mass is 32.1. The van der Waals surface area contributed by atoms with Gasteiger partial charge in [0.2, 0.25) is 5.13 Å². The molecule has 0 atom stereocenters. The molecular formula is C13H17N3O2S. The molecule has 0 aliphatic carbocycles. The number of hydrogen-bond donors (Lipinski definition) is 1. The minimum Gasteiger partial charge on any atom is -0.466 e. The summed E-state index contributed by atoms with van der Waals surface area (Å²) >= 11 is 1.41. The van der Waals surface area contributed by atoms with Crippen molar-refractivity contribution in [2.75, 3.05) is 5.32 Å². The predicted octanol–water partition coefficient (Wildman–Crippen LogP) is 3.20. The van der Waals surface area contributed by atoms with E-state index in [1.54, 1.807) is 13.0 Å². The lowest BCUT2D eigenvalue weighted by atomic mass is 10.1. The quantitative estimate of drug-likeness (QED) is 0.933. The maximum Gasteiger partial charge on any atom is 0.261 e. The van der Waals surface area contributed by atoms with Gasteiger partial charge in [-0.15, -0.1) is 10.2 Å². The number of rotatable bonds is 4. The molecule has 0 aliphatic rings. The number of furan rings is 1. The number of amides is 1. The van der Waals surface area contributed by atoms with Crippen LogP contribution in [0.15, 0.2) is 10.5 Å². The number of aryl methyl sites for hydroxylation is 2. The van der Waals surface area contributed by atoms with Crippen LogP contribution in [0.4, 0.5) is 5.13 Å². The Labute approximate surface area is 116 Å². The van der Waals surface area contributed by atoms with Crippen molar-refractivity contribution in [2.24, 2.45) is 5.92 Å². The zero-order valence-electron chi connectivity index (χ0n) is 11.5. The topological polar surface area (TPSA) is 68.0 Å². The summed E-state index contributed by atoms with van der Waals surface area (Å²) in [6.45, 7) is 7.83. The Morgan fingerprint density at radius 2 is 2.16 bits per heavy atom. The van der Waals surface area contributed by atoms with Crippen molar-refractivity contribution in [3.63, 3.8) is 0 Å². The van der Waals surface area contributed by atoms with E-state index in [4.69, 9.17) is 4.42 Å². The zero-order chi connectivity index (χ0) is 14.0. The van der Waals surface area contributed by atoms with Crippen LogP contribution in [0.25, 0.3) is 0 Å². The molecule has 2 rings (SSSR count). The number of nitrogens with one attached hydrogen (secondary N) is 1. The van der Waals surface area contributed by atoms with E-state index in [1.807, 2.05) is 6.92 Å². The second kappa shape index (κ2) is 5.52. The summed E-state index contributed by atoms with van der Waals surface area (Å²) in [5.74, 6) is 1.65. The third-order valence-electron chi connectivity index (χ3n) is 2.56. The first-order valence-electron chi connectivity index (χ1n) is 6.16. The summed E-state index contributed by atoms with van der Waals surface area (Å²) in [5.41, 5.74) is 0.540. The van der Waals surface area contributed by atoms with Gasteiger partial charge >= 0.3 is 0 Å². The van der Waals surface area contributed by atoms with Crippen LogP contribution in [0.1, 0.15) is 40.7 Å². The van der Waals surface area contributed by atoms with E-state index in [1.165, 1.54) is 11.3 Å². The Balaban J connectivity index is 2.07. The van der Waals surface area contributed by atoms with Crippen molar-refractivity contribution < 1.29 is 9.21 Å². The molecule has 1 N–H and O–H groups in total. The SMILES string of the molecule is Cc1cc(C(=O)Nc2nnc(CC(C)C)s2)c(C)o1. The van der Waals surface area contributed by atoms with Gasteiger partial charge in [-0.3, -0.25) is 10.1 Å². The first-order chi connectivity index (χ1) is 8.95. The number of hydrogen-bond acceptors (Lipinski definition) is 5. The number of aromatic nitrogens is 2. The van der Waals surface area contributed by atoms with Crippen molar-refractivity contribution >= 4 is 22.4 Å². The van der Waals surface area contributed by atoms with Crippen LogP contribution in [0, 0.1) is 19.8 Å². The van der Waals surface area contributed by atoms with Crippen LogP contribution >= 0.6 is 11.3 Å². The third kappa shape index (κ3) is 3.41. The molecule has 0 radical (unpaired) electrons. The molecule has 0 spiro atoms. The Bertz CT molecular complexity index is 586. The smallest absolute Gasteiger partial charge is 0.261 e. The number of anilines is 1. The van der Waals surface area contributed by atoms with E-state index in [0.29, 0.717) is 22.4 Å². The van der Waals surface area contributed by atoms with Crippen LogP contribution in [-0.4, -0.2) is 16.1 Å². The molecule has 102 valence electrons. The lowest BCUT2D eigenvalue weighted by Crippen LogP contribution is -2.11. The lowest BCUT2D eigenvalue weighted by Gasteiger charge is -1.99. The Morgan fingerprint density at radius 1 is 1.42 bits per heavy atom. The predicted molar refractivity (Wildman–Crippen MR) is 74.6 cm³/mol. The lowest BCUT2D eigenvalue weighted by molar-refractivity contribution is 0.102. The second-order valence-corrected chi connectivity index (χ2v) is 5.94. The van der Waals surface area contributed by atoms with Gasteiger partial charge in [0.05, 0.1) is 5.56 Å². The van der Waals surface area contributed by atoms with Crippen molar-refractivity contribution in [1.82, 2.24) is 10.2 Å². The molecule has 5 nitrogen and oxygen atoms in total. The van der Waals surface area contributed by atoms with Crippen LogP contribution in [0.3, 0.4) is 0 Å². The molecule has 0 fully saturated rings. The van der Waals surface area contributed by atoms with E-state index in [-0.39, 0.29) is 5.91 Å². The van der Waals surface area contributed by atoms with Gasteiger partial charge in [0.1, 0.15) is 16.5 Å². The van der Waals surface area contributed by atoms with Gasteiger partial charge in [-0.2, -0.15) is 0 Å². The Hall–Kier alpha value is -1.69. The monoisotopic (exact) mass is 279 g/mol. The number of carbonyl (C=O) groups excluding carboxylic acids is 1. The summed E-state index contributed by atoms with van der Waals surface area (Å²) in [4.78, 5) is 12.0. The molecule has 0 aliphatic heterocycles. The maximum atomic E-state index is 12.0. The number of nitrogens with zero attached hydrogens (tertiary/aromatic N) is 2. The highest BCUT2D eigenvalue weighted by molar-refractivity contribution is 7.15. The summed E-state index contributed by atoms with van der Waals surface area (Å²) < 4.78 is 5.34. The largest absolute Gasteiger partial charge is 0.466 e. The van der Waals surface area contributed by atoms with E-state index in [2.05, 4.69) is 29.4 Å². The van der Waals surface area contributed by atoms with Crippen molar-refractivity contribution in [1.29, 1.82) is 0 Å². The summed E-state index contributed by atoms with van der Waals surface area (Å²) in [7, 11) is 0. The normalized spacial score (nSPS) is 11.0. The molecule has 19 heavy (non-hydrogen) atoms. The molecule has 0 bridgehead atoms. The maximum absolute atomic E-state index is 12.0. The summed E-state index contributed by atoms with van der Waals surface area (Å²) in [5, 5.41) is 12.3. The Kier molecular flexibility index (Phi) is 3.99. The van der Waals surface area contributed by atoms with Crippen molar-refractivity contribution in [2.45, 2.75) is 34.1 Å². The van der Waals surface area contributed by atoms with Crippen LogP contribution in [0.2, 0.25) is 0 Å². The average molecular weight is 279 g/mol. The molecule has 2 aromatic rings. The average Bonchev–Trinajstić information content (AvgIpc) is 2.84. The number of carbonyl (C=O) groups is 1. The zero-order valence-corrected chi connectivity index (χ0v) is 12.3. The minimum atomic E-state index is -0.207. The van der Waals surface area contributed by atoms with E-state index < -0.39 is 0 Å². The molecule has 1 amide bonds. The standard InChI is InChI=1S/C13H17N3O2S/c1-7(2)5-11-15-16-13(19-11)14-12(17)10-6-8(3)18-9(10)4/h6-7H,5H2,1-4H3,(H,14,16,17). The summed E-state index contributed by atoms with van der Waals surface area (Å²) in [6, 6.07) is 1.72. The van der Waals surface area contributed by atoms with Crippen molar-refractivity contribution in [3.05, 3.63) is 28.2 Å².